The van der Waals surface area contributed by atoms with Gasteiger partial charge in [0, 0.05) is 5.56 Å². The number of phenols is 1. The summed E-state index contributed by atoms with van der Waals surface area (Å²) in [7, 11) is -4.58. The molecule has 5 nitrogen and oxygen atoms in total. The molecule has 6 heteroatoms. The largest absolute Gasteiger partial charge is 0.507 e. The number of phenolic OH excluding ortho intramolecular Hbond substituents is 1. The lowest BCUT2D eigenvalue weighted by molar-refractivity contribution is 0.102. The van der Waals surface area contributed by atoms with Gasteiger partial charge >= 0.3 is 13.5 Å². The lowest BCUT2D eigenvalue weighted by Crippen LogP contribution is -2.06. The third-order valence-electron chi connectivity index (χ3n) is 4.81. The van der Waals surface area contributed by atoms with Crippen molar-refractivity contribution in [2.75, 3.05) is 0 Å². The number of carbonyl (C=O) groups is 1. The lowest BCUT2D eigenvalue weighted by Gasteiger charge is -2.23. The van der Waals surface area contributed by atoms with Crippen LogP contribution >= 0.6 is 7.94 Å². The van der Waals surface area contributed by atoms with Crippen LogP contribution in [0.4, 0.5) is 0 Å². The topological polar surface area (TPSA) is 98.0 Å². The average Bonchev–Trinajstić information content (AvgIpc) is 2.61. The van der Waals surface area contributed by atoms with Crippen LogP contribution in [0.2, 0.25) is 0 Å². The second-order valence-corrected chi connectivity index (χ2v) is 8.08. The van der Waals surface area contributed by atoms with Gasteiger partial charge in [-0.25, -0.2) is 4.79 Å². The highest BCUT2D eigenvalue weighted by molar-refractivity contribution is 7.76. The third-order valence-corrected chi connectivity index (χ3v) is 5.61. The first kappa shape index (κ1) is 18.0. The number of hydrogen-bond donors (Lipinski definition) is 4. The zero-order valence-corrected chi connectivity index (χ0v) is 14.7. The molecule has 0 unspecified atom stereocenters. The molecule has 25 heavy (non-hydrogen) atoms. The Morgan fingerprint density at radius 2 is 1.64 bits per heavy atom. The van der Waals surface area contributed by atoms with Crippen LogP contribution in [0.15, 0.2) is 42.5 Å². The van der Waals surface area contributed by atoms with Gasteiger partial charge in [-0.15, -0.1) is 0 Å². The summed E-state index contributed by atoms with van der Waals surface area (Å²) in [5, 5.41) is 10.8. The molecule has 2 aromatic carbocycles. The fourth-order valence-electron chi connectivity index (χ4n) is 3.53. The maximum Gasteiger partial charge on any atom is 0.483 e. The molecule has 0 atom stereocenters. The fraction of sp³-hybridized carbons (Fsp3) is 0.316. The van der Waals surface area contributed by atoms with E-state index in [0.717, 1.165) is 31.2 Å². The standard InChI is InChI=1S/C19H21O5P/c20-18-16(13-6-2-1-3-7-13)10-5-11-17(18)14-8-4-9-15(12-14)19(21)25(22,23)24/h4-5,8-13,22-24H,1-3,6-7H2/p+1. The highest BCUT2D eigenvalue weighted by atomic mass is 31.2. The van der Waals surface area contributed by atoms with Gasteiger partial charge in [0.05, 0.1) is 5.56 Å². The van der Waals surface area contributed by atoms with Crippen LogP contribution in [0.1, 0.15) is 53.9 Å². The summed E-state index contributed by atoms with van der Waals surface area (Å²) >= 11 is 0. The van der Waals surface area contributed by atoms with Crippen molar-refractivity contribution < 1.29 is 24.6 Å². The Morgan fingerprint density at radius 3 is 2.32 bits per heavy atom. The van der Waals surface area contributed by atoms with E-state index in [0.29, 0.717) is 17.0 Å². The fourth-order valence-corrected chi connectivity index (χ4v) is 4.02. The first-order valence-corrected chi connectivity index (χ1v) is 10.1. The van der Waals surface area contributed by atoms with Crippen LogP contribution in [-0.4, -0.2) is 25.3 Å². The molecule has 1 aliphatic carbocycles. The van der Waals surface area contributed by atoms with Gasteiger partial charge in [0.25, 0.3) is 0 Å². The minimum atomic E-state index is -4.58. The molecule has 2 aromatic rings. The summed E-state index contributed by atoms with van der Waals surface area (Å²) in [6.07, 6.45) is 5.67. The highest BCUT2D eigenvalue weighted by Crippen LogP contribution is 2.48. The Kier molecular flexibility index (Phi) is 5.21. The van der Waals surface area contributed by atoms with E-state index in [-0.39, 0.29) is 11.3 Å². The summed E-state index contributed by atoms with van der Waals surface area (Å²) in [5.41, 5.74) is 1.00. The van der Waals surface area contributed by atoms with Gasteiger partial charge in [-0.1, -0.05) is 49.6 Å². The molecule has 1 aliphatic rings. The Balaban J connectivity index is 1.98. The Hall–Kier alpha value is -1.78. The maximum atomic E-state index is 11.9. The number of benzene rings is 2. The minimum Gasteiger partial charge on any atom is -0.507 e. The Morgan fingerprint density at radius 1 is 0.960 bits per heavy atom. The van der Waals surface area contributed by atoms with E-state index in [1.165, 1.54) is 18.6 Å². The van der Waals surface area contributed by atoms with Crippen molar-refractivity contribution in [3.63, 3.8) is 0 Å². The molecule has 0 radical (unpaired) electrons. The van der Waals surface area contributed by atoms with Crippen LogP contribution in [0.5, 0.6) is 5.75 Å². The molecular weight excluding hydrogens is 339 g/mol. The smallest absolute Gasteiger partial charge is 0.483 e. The van der Waals surface area contributed by atoms with Gasteiger partial charge in [-0.05, 0) is 42.0 Å². The number of aromatic hydroxyl groups is 1. The van der Waals surface area contributed by atoms with Crippen molar-refractivity contribution in [1.29, 1.82) is 0 Å². The van der Waals surface area contributed by atoms with Crippen LogP contribution in [0, 0.1) is 0 Å². The van der Waals surface area contributed by atoms with E-state index < -0.39 is 13.5 Å². The lowest BCUT2D eigenvalue weighted by atomic mass is 9.82. The summed E-state index contributed by atoms with van der Waals surface area (Å²) < 4.78 is 0. The molecule has 132 valence electrons. The molecule has 0 aromatic heterocycles. The predicted molar refractivity (Wildman–Crippen MR) is 97.3 cm³/mol. The molecule has 3 rings (SSSR count). The minimum absolute atomic E-state index is 0.000743. The second-order valence-electron chi connectivity index (χ2n) is 6.53. The third kappa shape index (κ3) is 3.91. The van der Waals surface area contributed by atoms with Gasteiger partial charge in [-0.3, -0.25) is 0 Å². The first-order chi connectivity index (χ1) is 11.9. The van der Waals surface area contributed by atoms with Crippen molar-refractivity contribution in [3.8, 4) is 16.9 Å². The van der Waals surface area contributed by atoms with Crippen LogP contribution in [-0.2, 0) is 0 Å². The van der Waals surface area contributed by atoms with E-state index >= 15 is 0 Å². The van der Waals surface area contributed by atoms with Crippen molar-refractivity contribution in [3.05, 3.63) is 53.6 Å². The summed E-state index contributed by atoms with van der Waals surface area (Å²) in [5.74, 6) is 0.543. The number of para-hydroxylation sites is 1. The van der Waals surface area contributed by atoms with E-state index in [9.17, 15) is 24.6 Å². The zero-order valence-electron chi connectivity index (χ0n) is 13.8. The van der Waals surface area contributed by atoms with Gasteiger partial charge in [0.15, 0.2) is 0 Å². The van der Waals surface area contributed by atoms with Crippen LogP contribution in [0.3, 0.4) is 0 Å². The molecule has 0 aliphatic heterocycles. The molecule has 0 saturated heterocycles. The molecule has 0 amide bonds. The number of hydrogen-bond acceptors (Lipinski definition) is 5. The van der Waals surface area contributed by atoms with Gasteiger partial charge in [0.2, 0.25) is 0 Å². The normalized spacial score (nSPS) is 16.0. The maximum absolute atomic E-state index is 11.9. The zero-order chi connectivity index (χ0) is 18.0. The summed E-state index contributed by atoms with van der Waals surface area (Å²) in [6, 6.07) is 11.8. The van der Waals surface area contributed by atoms with Crippen molar-refractivity contribution in [1.82, 2.24) is 0 Å². The van der Waals surface area contributed by atoms with Crippen LogP contribution in [0.25, 0.3) is 11.1 Å². The van der Waals surface area contributed by atoms with E-state index in [2.05, 4.69) is 0 Å². The van der Waals surface area contributed by atoms with Crippen LogP contribution < -0.4 is 0 Å². The monoisotopic (exact) mass is 361 g/mol. The van der Waals surface area contributed by atoms with E-state index in [1.807, 2.05) is 12.1 Å². The number of rotatable bonds is 4. The summed E-state index contributed by atoms with van der Waals surface area (Å²) in [4.78, 5) is 39.5. The molecule has 1 saturated carbocycles. The molecule has 0 spiro atoms. The quantitative estimate of drug-likeness (QED) is 0.618. The second kappa shape index (κ2) is 7.22. The predicted octanol–water partition coefficient (Wildman–Crippen LogP) is 3.99. The highest BCUT2D eigenvalue weighted by Gasteiger charge is 2.43. The van der Waals surface area contributed by atoms with Gasteiger partial charge in [-0.2, -0.15) is 14.7 Å². The summed E-state index contributed by atoms with van der Waals surface area (Å²) in [6.45, 7) is 0. The molecule has 1 fully saturated rings. The SMILES string of the molecule is O=C(c1cccc(-c2cccc(C3CCCCC3)c2O)c1)[P+](O)(O)O. The molecule has 0 bridgehead atoms. The number of carbonyl (C=O) groups excluding carboxylic acids is 1. The van der Waals surface area contributed by atoms with E-state index in [4.69, 9.17) is 0 Å². The molecule has 4 N–H and O–H groups in total. The van der Waals surface area contributed by atoms with Gasteiger partial charge < -0.3 is 5.11 Å². The molecular formula is C19H22O5P+. The van der Waals surface area contributed by atoms with Crippen molar-refractivity contribution in [2.45, 2.75) is 38.0 Å². The Labute approximate surface area is 147 Å². The van der Waals surface area contributed by atoms with Crippen molar-refractivity contribution in [2.24, 2.45) is 0 Å². The van der Waals surface area contributed by atoms with E-state index in [1.54, 1.807) is 18.2 Å². The molecule has 0 heterocycles. The first-order valence-electron chi connectivity index (χ1n) is 8.42. The van der Waals surface area contributed by atoms with Gasteiger partial charge in [0.1, 0.15) is 5.75 Å². The average molecular weight is 361 g/mol. The Bertz CT molecular complexity index is 776. The van der Waals surface area contributed by atoms with Crippen molar-refractivity contribution >= 4 is 13.5 Å².